The first-order valence-electron chi connectivity index (χ1n) is 9.20. The summed E-state index contributed by atoms with van der Waals surface area (Å²) in [5.74, 6) is 6.53. The Labute approximate surface area is 170 Å². The van der Waals surface area contributed by atoms with Crippen LogP contribution in [0.5, 0.6) is 5.75 Å². The highest BCUT2D eigenvalue weighted by atomic mass is 16.5. The normalized spacial score (nSPS) is 9.86. The number of carbonyl (C=O) groups is 2. The molecule has 0 fully saturated rings. The van der Waals surface area contributed by atoms with Gasteiger partial charge in [-0.1, -0.05) is 36.1 Å². The lowest BCUT2D eigenvalue weighted by Gasteiger charge is -2.10. The quantitative estimate of drug-likeness (QED) is 0.522. The third-order valence-electron chi connectivity index (χ3n) is 4.31. The topological polar surface area (TPSA) is 55.4 Å². The van der Waals surface area contributed by atoms with Gasteiger partial charge in [-0.2, -0.15) is 0 Å². The van der Waals surface area contributed by atoms with Crippen LogP contribution in [0.1, 0.15) is 34.0 Å². The van der Waals surface area contributed by atoms with Gasteiger partial charge in [-0.05, 0) is 55.5 Å². The fraction of sp³-hybridized carbons (Fsp3) is 0.120. The molecule has 0 unspecified atom stereocenters. The summed E-state index contributed by atoms with van der Waals surface area (Å²) >= 11 is 0. The van der Waals surface area contributed by atoms with E-state index in [0.29, 0.717) is 22.6 Å². The number of rotatable bonds is 5. The number of benzene rings is 3. The second-order valence-corrected chi connectivity index (χ2v) is 6.50. The molecule has 0 bridgehead atoms. The van der Waals surface area contributed by atoms with E-state index in [4.69, 9.17) is 4.74 Å². The van der Waals surface area contributed by atoms with Gasteiger partial charge in [-0.25, -0.2) is 0 Å². The Morgan fingerprint density at radius 1 is 0.897 bits per heavy atom. The van der Waals surface area contributed by atoms with Crippen LogP contribution in [0, 0.1) is 11.8 Å². The first kappa shape index (κ1) is 19.9. The van der Waals surface area contributed by atoms with Crippen molar-refractivity contribution in [3.63, 3.8) is 0 Å². The maximum atomic E-state index is 12.5. The van der Waals surface area contributed by atoms with Crippen LogP contribution in [0.15, 0.2) is 72.8 Å². The summed E-state index contributed by atoms with van der Waals surface area (Å²) in [4.78, 5) is 24.2. The van der Waals surface area contributed by atoms with Crippen molar-refractivity contribution in [2.24, 2.45) is 0 Å². The van der Waals surface area contributed by atoms with Gasteiger partial charge in [0.2, 0.25) is 5.91 Å². The minimum atomic E-state index is -0.197. The van der Waals surface area contributed by atoms with Gasteiger partial charge in [0.1, 0.15) is 5.75 Å². The van der Waals surface area contributed by atoms with Gasteiger partial charge in [0.15, 0.2) is 5.78 Å². The summed E-state index contributed by atoms with van der Waals surface area (Å²) in [5, 5.41) is 2.88. The smallest absolute Gasteiger partial charge is 0.228 e. The first-order valence-corrected chi connectivity index (χ1v) is 9.20. The molecule has 0 saturated carbocycles. The predicted molar refractivity (Wildman–Crippen MR) is 114 cm³/mol. The number of amides is 1. The van der Waals surface area contributed by atoms with Crippen LogP contribution < -0.4 is 10.1 Å². The zero-order valence-corrected chi connectivity index (χ0v) is 16.4. The summed E-state index contributed by atoms with van der Waals surface area (Å²) in [6, 6.07) is 22.2. The van der Waals surface area contributed by atoms with Gasteiger partial charge in [-0.15, -0.1) is 0 Å². The Morgan fingerprint density at radius 2 is 1.62 bits per heavy atom. The lowest BCUT2D eigenvalue weighted by Crippen LogP contribution is -2.15. The molecule has 29 heavy (non-hydrogen) atoms. The summed E-state index contributed by atoms with van der Waals surface area (Å²) in [7, 11) is 1.54. The van der Waals surface area contributed by atoms with Gasteiger partial charge >= 0.3 is 0 Å². The van der Waals surface area contributed by atoms with Crippen molar-refractivity contribution in [1.29, 1.82) is 0 Å². The molecule has 1 N–H and O–H groups in total. The number of anilines is 1. The third-order valence-corrected chi connectivity index (χ3v) is 4.31. The number of Topliss-reactive ketones (excluding diaryl/α,β-unsaturated/α-hetero) is 1. The summed E-state index contributed by atoms with van der Waals surface area (Å²) in [5.41, 5.74) is 3.61. The summed E-state index contributed by atoms with van der Waals surface area (Å²) in [6.07, 6.45) is 0.101. The maximum Gasteiger partial charge on any atom is 0.228 e. The lowest BCUT2D eigenvalue weighted by atomic mass is 10.0. The molecule has 144 valence electrons. The molecule has 4 heteroatoms. The minimum Gasteiger partial charge on any atom is -0.496 e. The predicted octanol–water partition coefficient (Wildman–Crippen LogP) is 4.48. The molecule has 0 aliphatic rings. The molecular weight excluding hydrogens is 362 g/mol. The summed E-state index contributed by atoms with van der Waals surface area (Å²) < 4.78 is 5.31. The lowest BCUT2D eigenvalue weighted by molar-refractivity contribution is -0.115. The molecule has 3 aromatic rings. The molecule has 0 aromatic heterocycles. The molecule has 0 aliphatic heterocycles. The zero-order valence-electron chi connectivity index (χ0n) is 16.4. The SMILES string of the molecule is COc1ccc(C(C)=O)cc1CC(=O)Nc1cccc(C#Cc2ccccc2)c1. The van der Waals surface area contributed by atoms with E-state index in [1.165, 1.54) is 6.92 Å². The maximum absolute atomic E-state index is 12.5. The second-order valence-electron chi connectivity index (χ2n) is 6.50. The Bertz CT molecular complexity index is 1090. The van der Waals surface area contributed by atoms with E-state index >= 15 is 0 Å². The molecule has 4 nitrogen and oxygen atoms in total. The average molecular weight is 383 g/mol. The van der Waals surface area contributed by atoms with Crippen LogP contribution in [-0.2, 0) is 11.2 Å². The highest BCUT2D eigenvalue weighted by molar-refractivity contribution is 5.96. The molecule has 3 aromatic carbocycles. The average Bonchev–Trinajstić information content (AvgIpc) is 2.73. The van der Waals surface area contributed by atoms with Crippen LogP contribution in [-0.4, -0.2) is 18.8 Å². The van der Waals surface area contributed by atoms with Crippen molar-refractivity contribution in [1.82, 2.24) is 0 Å². The first-order chi connectivity index (χ1) is 14.0. The number of ether oxygens (including phenoxy) is 1. The molecule has 0 saturated heterocycles. The van der Waals surface area contributed by atoms with Crippen LogP contribution in [0.25, 0.3) is 0 Å². The van der Waals surface area contributed by atoms with E-state index in [1.54, 1.807) is 25.3 Å². The summed E-state index contributed by atoms with van der Waals surface area (Å²) in [6.45, 7) is 1.49. The molecule has 0 spiro atoms. The number of hydrogen-bond acceptors (Lipinski definition) is 3. The van der Waals surface area contributed by atoms with Crippen molar-refractivity contribution in [3.05, 3.63) is 95.1 Å². The highest BCUT2D eigenvalue weighted by Crippen LogP contribution is 2.21. The van der Waals surface area contributed by atoms with Crippen molar-refractivity contribution in [2.75, 3.05) is 12.4 Å². The number of carbonyl (C=O) groups excluding carboxylic acids is 2. The Balaban J connectivity index is 1.73. The minimum absolute atomic E-state index is 0.0565. The van der Waals surface area contributed by atoms with E-state index < -0.39 is 0 Å². The molecular formula is C25H21NO3. The van der Waals surface area contributed by atoms with Crippen molar-refractivity contribution >= 4 is 17.4 Å². The highest BCUT2D eigenvalue weighted by Gasteiger charge is 2.12. The Morgan fingerprint density at radius 3 is 2.34 bits per heavy atom. The second kappa shape index (κ2) is 9.38. The fourth-order valence-corrected chi connectivity index (χ4v) is 2.85. The van der Waals surface area contributed by atoms with Crippen molar-refractivity contribution < 1.29 is 14.3 Å². The van der Waals surface area contributed by atoms with Gasteiger partial charge in [-0.3, -0.25) is 9.59 Å². The molecule has 0 aliphatic carbocycles. The monoisotopic (exact) mass is 383 g/mol. The number of nitrogens with one attached hydrogen (secondary N) is 1. The Kier molecular flexibility index (Phi) is 6.44. The van der Waals surface area contributed by atoms with Gasteiger partial charge < -0.3 is 10.1 Å². The van der Waals surface area contributed by atoms with Gasteiger partial charge in [0.05, 0.1) is 13.5 Å². The number of hydrogen-bond donors (Lipinski definition) is 1. The standard InChI is InChI=1S/C25H21NO3/c1-18(27)21-13-14-24(29-2)22(16-21)17-25(28)26-23-10-6-9-20(15-23)12-11-19-7-4-3-5-8-19/h3-10,13-16H,17H2,1-2H3,(H,26,28). The van der Waals surface area contributed by atoms with Crippen LogP contribution in [0.2, 0.25) is 0 Å². The third kappa shape index (κ3) is 5.57. The van der Waals surface area contributed by atoms with E-state index in [-0.39, 0.29) is 18.1 Å². The van der Waals surface area contributed by atoms with Crippen LogP contribution in [0.4, 0.5) is 5.69 Å². The molecule has 3 rings (SSSR count). The number of ketones is 1. The molecule has 0 atom stereocenters. The molecule has 1 amide bonds. The molecule has 0 radical (unpaired) electrons. The Hall–Kier alpha value is -3.84. The van der Waals surface area contributed by atoms with E-state index in [1.807, 2.05) is 54.6 Å². The van der Waals surface area contributed by atoms with Gasteiger partial charge in [0, 0.05) is 27.9 Å². The van der Waals surface area contributed by atoms with Crippen LogP contribution in [0.3, 0.4) is 0 Å². The van der Waals surface area contributed by atoms with Crippen LogP contribution >= 0.6 is 0 Å². The van der Waals surface area contributed by atoms with Crippen molar-refractivity contribution in [3.8, 4) is 17.6 Å². The van der Waals surface area contributed by atoms with Gasteiger partial charge in [0.25, 0.3) is 0 Å². The van der Waals surface area contributed by atoms with E-state index in [9.17, 15) is 9.59 Å². The zero-order chi connectivity index (χ0) is 20.6. The fourth-order valence-electron chi connectivity index (χ4n) is 2.85. The molecule has 0 heterocycles. The van der Waals surface area contributed by atoms with Crippen molar-refractivity contribution in [2.45, 2.75) is 13.3 Å². The largest absolute Gasteiger partial charge is 0.496 e. The number of methoxy groups -OCH3 is 1. The van der Waals surface area contributed by atoms with E-state index in [0.717, 1.165) is 11.1 Å². The van der Waals surface area contributed by atoms with E-state index in [2.05, 4.69) is 17.2 Å².